The van der Waals surface area contributed by atoms with E-state index in [1.54, 1.807) is 12.1 Å². The molecule has 0 spiro atoms. The van der Waals surface area contributed by atoms with Crippen LogP contribution >= 0.6 is 0 Å². The Morgan fingerprint density at radius 1 is 1.37 bits per heavy atom. The van der Waals surface area contributed by atoms with Crippen LogP contribution in [0.2, 0.25) is 0 Å². The van der Waals surface area contributed by atoms with Crippen LogP contribution in [0.15, 0.2) is 18.2 Å². The van der Waals surface area contributed by atoms with Gasteiger partial charge in [-0.05, 0) is 32.1 Å². The van der Waals surface area contributed by atoms with Crippen LogP contribution in [0.3, 0.4) is 0 Å². The van der Waals surface area contributed by atoms with Gasteiger partial charge >= 0.3 is 0 Å². The molecule has 1 unspecified atom stereocenters. The zero-order valence-corrected chi connectivity index (χ0v) is 12.1. The summed E-state index contributed by atoms with van der Waals surface area (Å²) >= 11 is 0. The molecule has 1 saturated heterocycles. The lowest BCUT2D eigenvalue weighted by Gasteiger charge is -2.40. The average molecular weight is 265 g/mol. The van der Waals surface area contributed by atoms with E-state index in [9.17, 15) is 4.39 Å². The third-order valence-electron chi connectivity index (χ3n) is 3.75. The van der Waals surface area contributed by atoms with Gasteiger partial charge in [-0.3, -0.25) is 0 Å². The molecule has 0 aromatic heterocycles. The van der Waals surface area contributed by atoms with Crippen LogP contribution < -0.4 is 10.2 Å². The van der Waals surface area contributed by atoms with Crippen LogP contribution in [0.4, 0.5) is 10.1 Å². The fourth-order valence-electron chi connectivity index (χ4n) is 2.76. The number of nitrogens with one attached hydrogen (secondary N) is 1. The molecule has 1 atom stereocenters. The molecule has 0 radical (unpaired) electrons. The van der Waals surface area contributed by atoms with Gasteiger partial charge in [0.05, 0.1) is 5.69 Å². The van der Waals surface area contributed by atoms with E-state index in [1.165, 1.54) is 0 Å². The Bertz CT molecular complexity index is 422. The second kappa shape index (κ2) is 6.35. The minimum atomic E-state index is -0.105. The van der Waals surface area contributed by atoms with Crippen molar-refractivity contribution in [2.24, 2.45) is 0 Å². The van der Waals surface area contributed by atoms with E-state index in [2.05, 4.69) is 36.0 Å². The van der Waals surface area contributed by atoms with Crippen LogP contribution in [0.25, 0.3) is 0 Å². The lowest BCUT2D eigenvalue weighted by Crippen LogP contribution is -2.51. The number of halogens is 1. The number of benzene rings is 1. The number of rotatable bonds is 4. The Hall–Kier alpha value is -1.13. The molecule has 1 fully saturated rings. The molecule has 19 heavy (non-hydrogen) atoms. The van der Waals surface area contributed by atoms with E-state index in [0.29, 0.717) is 6.04 Å². The predicted molar refractivity (Wildman–Crippen MR) is 78.1 cm³/mol. The number of anilines is 1. The average Bonchev–Trinajstić information content (AvgIpc) is 2.37. The number of piperazine rings is 1. The number of para-hydroxylation sites is 1. The summed E-state index contributed by atoms with van der Waals surface area (Å²) in [6.07, 6.45) is 0. The van der Waals surface area contributed by atoms with Crippen molar-refractivity contribution in [2.45, 2.75) is 26.4 Å². The number of likely N-dealkylation sites (N-methyl/N-ethyl adjacent to an activating group) is 1. The molecule has 0 bridgehead atoms. The smallest absolute Gasteiger partial charge is 0.146 e. The molecule has 0 saturated carbocycles. The summed E-state index contributed by atoms with van der Waals surface area (Å²) in [5.74, 6) is -0.105. The predicted octanol–water partition coefficient (Wildman–Crippen LogP) is 2.08. The third kappa shape index (κ3) is 3.25. The van der Waals surface area contributed by atoms with E-state index in [4.69, 9.17) is 0 Å². The SMILES string of the molecule is CCNCc1cccc(F)c1N1CCN(C)CC1C. The molecule has 1 aliphatic rings. The Kier molecular flexibility index (Phi) is 4.77. The minimum Gasteiger partial charge on any atom is -0.364 e. The highest BCUT2D eigenvalue weighted by Gasteiger charge is 2.25. The molecular weight excluding hydrogens is 241 g/mol. The molecule has 106 valence electrons. The van der Waals surface area contributed by atoms with Crippen molar-refractivity contribution in [3.8, 4) is 0 Å². The van der Waals surface area contributed by atoms with Gasteiger partial charge in [-0.15, -0.1) is 0 Å². The molecule has 1 aromatic rings. The van der Waals surface area contributed by atoms with Gasteiger partial charge in [-0.25, -0.2) is 4.39 Å². The van der Waals surface area contributed by atoms with Crippen LogP contribution in [-0.2, 0) is 6.54 Å². The molecule has 2 rings (SSSR count). The first-order chi connectivity index (χ1) is 9.13. The first-order valence-electron chi connectivity index (χ1n) is 7.06. The summed E-state index contributed by atoms with van der Waals surface area (Å²) in [6, 6.07) is 5.73. The molecule has 1 N–H and O–H groups in total. The maximum Gasteiger partial charge on any atom is 0.146 e. The fraction of sp³-hybridized carbons (Fsp3) is 0.600. The summed E-state index contributed by atoms with van der Waals surface area (Å²) < 4.78 is 14.2. The summed E-state index contributed by atoms with van der Waals surface area (Å²) in [6.45, 7) is 8.71. The van der Waals surface area contributed by atoms with Gasteiger partial charge in [-0.2, -0.15) is 0 Å². The van der Waals surface area contributed by atoms with Gasteiger partial charge in [0, 0.05) is 32.2 Å². The molecule has 1 aromatic carbocycles. The van der Waals surface area contributed by atoms with Crippen molar-refractivity contribution < 1.29 is 4.39 Å². The van der Waals surface area contributed by atoms with Gasteiger partial charge in [0.15, 0.2) is 0 Å². The highest BCUT2D eigenvalue weighted by molar-refractivity contribution is 5.56. The Morgan fingerprint density at radius 2 is 2.16 bits per heavy atom. The van der Waals surface area contributed by atoms with Crippen molar-refractivity contribution in [1.29, 1.82) is 0 Å². The molecule has 1 heterocycles. The second-order valence-corrected chi connectivity index (χ2v) is 5.33. The van der Waals surface area contributed by atoms with Crippen molar-refractivity contribution in [3.63, 3.8) is 0 Å². The molecule has 1 aliphatic heterocycles. The van der Waals surface area contributed by atoms with Crippen LogP contribution in [0, 0.1) is 5.82 Å². The van der Waals surface area contributed by atoms with E-state index in [1.807, 2.05) is 6.07 Å². The molecule has 0 aliphatic carbocycles. The van der Waals surface area contributed by atoms with Gasteiger partial charge < -0.3 is 15.1 Å². The van der Waals surface area contributed by atoms with Crippen LogP contribution in [-0.4, -0.2) is 44.2 Å². The molecule has 3 nitrogen and oxygen atoms in total. The Morgan fingerprint density at radius 3 is 2.84 bits per heavy atom. The quantitative estimate of drug-likeness (QED) is 0.899. The van der Waals surface area contributed by atoms with Gasteiger partial charge in [0.25, 0.3) is 0 Å². The van der Waals surface area contributed by atoms with Crippen molar-refractivity contribution in [3.05, 3.63) is 29.6 Å². The Labute approximate surface area is 115 Å². The van der Waals surface area contributed by atoms with E-state index >= 15 is 0 Å². The lowest BCUT2D eigenvalue weighted by atomic mass is 10.1. The third-order valence-corrected chi connectivity index (χ3v) is 3.75. The first-order valence-corrected chi connectivity index (χ1v) is 7.06. The van der Waals surface area contributed by atoms with Crippen molar-refractivity contribution in [1.82, 2.24) is 10.2 Å². The van der Waals surface area contributed by atoms with Crippen molar-refractivity contribution in [2.75, 3.05) is 38.1 Å². The molecule has 0 amide bonds. The standard InChI is InChI=1S/C15H24FN3/c1-4-17-10-13-6-5-7-14(16)15(13)19-9-8-18(3)11-12(19)2/h5-7,12,17H,4,8-11H2,1-3H3. The van der Waals surface area contributed by atoms with Gasteiger partial charge in [-0.1, -0.05) is 19.1 Å². The van der Waals surface area contributed by atoms with Crippen molar-refractivity contribution >= 4 is 5.69 Å². The van der Waals surface area contributed by atoms with E-state index in [-0.39, 0.29) is 5.82 Å². The monoisotopic (exact) mass is 265 g/mol. The van der Waals surface area contributed by atoms with E-state index in [0.717, 1.165) is 44.0 Å². The maximum atomic E-state index is 14.2. The summed E-state index contributed by atoms with van der Waals surface area (Å²) in [5, 5.41) is 3.29. The summed E-state index contributed by atoms with van der Waals surface area (Å²) in [7, 11) is 2.12. The topological polar surface area (TPSA) is 18.5 Å². The van der Waals surface area contributed by atoms with Gasteiger partial charge in [0.2, 0.25) is 0 Å². The molecular formula is C15H24FN3. The van der Waals surface area contributed by atoms with Crippen LogP contribution in [0.1, 0.15) is 19.4 Å². The number of hydrogen-bond acceptors (Lipinski definition) is 3. The highest BCUT2D eigenvalue weighted by atomic mass is 19.1. The first kappa shape index (κ1) is 14.3. The number of hydrogen-bond donors (Lipinski definition) is 1. The fourth-order valence-corrected chi connectivity index (χ4v) is 2.76. The van der Waals surface area contributed by atoms with Crippen LogP contribution in [0.5, 0.6) is 0 Å². The minimum absolute atomic E-state index is 0.105. The highest BCUT2D eigenvalue weighted by Crippen LogP contribution is 2.28. The van der Waals surface area contributed by atoms with E-state index < -0.39 is 0 Å². The zero-order valence-electron chi connectivity index (χ0n) is 12.1. The van der Waals surface area contributed by atoms with Gasteiger partial charge in [0.1, 0.15) is 5.82 Å². The maximum absolute atomic E-state index is 14.2. The summed E-state index contributed by atoms with van der Waals surface area (Å²) in [4.78, 5) is 4.51. The normalized spacial score (nSPS) is 20.8. The Balaban J connectivity index is 2.26. The lowest BCUT2D eigenvalue weighted by molar-refractivity contribution is 0.274. The largest absolute Gasteiger partial charge is 0.364 e. The zero-order chi connectivity index (χ0) is 13.8. The second-order valence-electron chi connectivity index (χ2n) is 5.33. The molecule has 4 heteroatoms. The number of nitrogens with zero attached hydrogens (tertiary/aromatic N) is 2. The summed E-state index contributed by atoms with van der Waals surface area (Å²) in [5.41, 5.74) is 1.84.